The molecule has 0 fully saturated rings. The summed E-state index contributed by atoms with van der Waals surface area (Å²) in [5.41, 5.74) is 0. The van der Waals surface area contributed by atoms with E-state index < -0.39 is 5.97 Å². The molecule has 0 aromatic heterocycles. The lowest BCUT2D eigenvalue weighted by atomic mass is 10.3. The first kappa shape index (κ1) is 13.7. The Bertz CT molecular complexity index is 594. The van der Waals surface area contributed by atoms with Crippen molar-refractivity contribution < 1.29 is 24.1 Å². The minimum atomic E-state index is -0.585. The van der Waals surface area contributed by atoms with Gasteiger partial charge >= 0.3 is 5.97 Å². The number of rotatable bonds is 5. The largest absolute Gasteiger partial charge is 0.504 e. The topological polar surface area (TPSA) is 65.0 Å². The molecular weight excluding hydrogens is 260 g/mol. The van der Waals surface area contributed by atoms with E-state index in [-0.39, 0.29) is 18.1 Å². The number of esters is 1. The number of hydrogen-bond donors (Lipinski definition) is 1. The lowest BCUT2D eigenvalue weighted by Gasteiger charge is -2.10. The molecule has 2 rings (SSSR count). The van der Waals surface area contributed by atoms with Gasteiger partial charge in [-0.3, -0.25) is 0 Å². The first-order valence-electron chi connectivity index (χ1n) is 5.95. The van der Waals surface area contributed by atoms with Crippen molar-refractivity contribution in [2.45, 2.75) is 0 Å². The summed E-state index contributed by atoms with van der Waals surface area (Å²) in [6.07, 6.45) is 0. The van der Waals surface area contributed by atoms with Gasteiger partial charge in [0, 0.05) is 0 Å². The predicted octanol–water partition coefficient (Wildman–Crippen LogP) is 2.39. The van der Waals surface area contributed by atoms with Crippen molar-refractivity contribution in [3.8, 4) is 23.0 Å². The van der Waals surface area contributed by atoms with Gasteiger partial charge in [0.05, 0.1) is 7.11 Å². The molecule has 0 saturated carbocycles. The molecule has 0 saturated heterocycles. The summed E-state index contributed by atoms with van der Waals surface area (Å²) in [5.74, 6) is 0.393. The van der Waals surface area contributed by atoms with Gasteiger partial charge in [0.2, 0.25) is 0 Å². The van der Waals surface area contributed by atoms with E-state index in [2.05, 4.69) is 0 Å². The molecule has 0 aliphatic rings. The van der Waals surface area contributed by atoms with Crippen LogP contribution in [0, 0.1) is 0 Å². The van der Waals surface area contributed by atoms with E-state index in [9.17, 15) is 9.90 Å². The molecule has 0 radical (unpaired) electrons. The van der Waals surface area contributed by atoms with Crippen LogP contribution in [0.3, 0.4) is 0 Å². The van der Waals surface area contributed by atoms with Crippen LogP contribution in [0.1, 0.15) is 0 Å². The third kappa shape index (κ3) is 3.41. The number of para-hydroxylation sites is 4. The quantitative estimate of drug-likeness (QED) is 0.670. The number of phenolic OH excluding ortho intramolecular Hbond substituents is 1. The van der Waals surface area contributed by atoms with Crippen LogP contribution in [0.2, 0.25) is 0 Å². The van der Waals surface area contributed by atoms with E-state index in [1.165, 1.54) is 13.2 Å². The molecule has 104 valence electrons. The average molecular weight is 274 g/mol. The minimum Gasteiger partial charge on any atom is -0.504 e. The van der Waals surface area contributed by atoms with E-state index in [4.69, 9.17) is 14.2 Å². The lowest BCUT2D eigenvalue weighted by Crippen LogP contribution is -2.18. The van der Waals surface area contributed by atoms with Crippen molar-refractivity contribution in [2.75, 3.05) is 13.7 Å². The number of hydrogen-bond acceptors (Lipinski definition) is 5. The molecular formula is C15H14O5. The van der Waals surface area contributed by atoms with Crippen LogP contribution in [-0.4, -0.2) is 24.8 Å². The first-order valence-corrected chi connectivity index (χ1v) is 5.95. The third-order valence-corrected chi connectivity index (χ3v) is 2.50. The van der Waals surface area contributed by atoms with Gasteiger partial charge in [-0.05, 0) is 24.3 Å². The summed E-state index contributed by atoms with van der Waals surface area (Å²) in [6.45, 7) is -0.310. The summed E-state index contributed by atoms with van der Waals surface area (Å²) in [4.78, 5) is 11.7. The number of aromatic hydroxyl groups is 1. The Kier molecular flexibility index (Phi) is 4.44. The fourth-order valence-electron chi connectivity index (χ4n) is 1.57. The monoisotopic (exact) mass is 274 g/mol. The van der Waals surface area contributed by atoms with Gasteiger partial charge in [-0.25, -0.2) is 4.79 Å². The highest BCUT2D eigenvalue weighted by Gasteiger charge is 2.11. The van der Waals surface area contributed by atoms with E-state index in [0.29, 0.717) is 11.5 Å². The molecule has 0 aliphatic heterocycles. The Hall–Kier alpha value is -2.69. The second-order valence-electron chi connectivity index (χ2n) is 3.88. The standard InChI is InChI=1S/C15H14O5/c1-18-13-8-4-5-9-14(13)20-15(17)10-19-12-7-3-2-6-11(12)16/h2-9,16H,10H2,1H3. The summed E-state index contributed by atoms with van der Waals surface area (Å²) in [7, 11) is 1.49. The van der Waals surface area contributed by atoms with Crippen LogP contribution < -0.4 is 14.2 Å². The fraction of sp³-hybridized carbons (Fsp3) is 0.133. The van der Waals surface area contributed by atoms with Gasteiger partial charge in [0.1, 0.15) is 0 Å². The van der Waals surface area contributed by atoms with Crippen LogP contribution in [0.15, 0.2) is 48.5 Å². The zero-order valence-electron chi connectivity index (χ0n) is 10.9. The molecule has 0 unspecified atom stereocenters. The normalized spacial score (nSPS) is 9.85. The molecule has 0 spiro atoms. The summed E-state index contributed by atoms with van der Waals surface area (Å²) < 4.78 is 15.4. The highest BCUT2D eigenvalue weighted by atomic mass is 16.6. The molecule has 0 atom stereocenters. The molecule has 2 aromatic carbocycles. The molecule has 5 heteroatoms. The maximum Gasteiger partial charge on any atom is 0.349 e. The van der Waals surface area contributed by atoms with Gasteiger partial charge in [-0.15, -0.1) is 0 Å². The molecule has 0 bridgehead atoms. The fourth-order valence-corrected chi connectivity index (χ4v) is 1.57. The molecule has 5 nitrogen and oxygen atoms in total. The van der Waals surface area contributed by atoms with Crippen molar-refractivity contribution >= 4 is 5.97 Å². The highest BCUT2D eigenvalue weighted by molar-refractivity contribution is 5.74. The average Bonchev–Trinajstić information content (AvgIpc) is 2.47. The molecule has 0 aliphatic carbocycles. The zero-order chi connectivity index (χ0) is 14.4. The molecule has 1 N–H and O–H groups in total. The Morgan fingerprint density at radius 3 is 2.25 bits per heavy atom. The number of benzene rings is 2. The van der Waals surface area contributed by atoms with Gasteiger partial charge in [-0.1, -0.05) is 24.3 Å². The number of carbonyl (C=O) groups excluding carboxylic acids is 1. The number of methoxy groups -OCH3 is 1. The molecule has 0 heterocycles. The number of phenols is 1. The SMILES string of the molecule is COc1ccccc1OC(=O)COc1ccccc1O. The second-order valence-corrected chi connectivity index (χ2v) is 3.88. The Balaban J connectivity index is 1.95. The van der Waals surface area contributed by atoms with Crippen LogP contribution in [0.4, 0.5) is 0 Å². The van der Waals surface area contributed by atoms with Crippen molar-refractivity contribution in [1.29, 1.82) is 0 Å². The smallest absolute Gasteiger partial charge is 0.349 e. The van der Waals surface area contributed by atoms with Crippen LogP contribution in [-0.2, 0) is 4.79 Å². The lowest BCUT2D eigenvalue weighted by molar-refractivity contribution is -0.136. The summed E-state index contributed by atoms with van der Waals surface area (Å²) >= 11 is 0. The second kappa shape index (κ2) is 6.47. The van der Waals surface area contributed by atoms with E-state index >= 15 is 0 Å². The van der Waals surface area contributed by atoms with Gasteiger partial charge in [0.15, 0.2) is 29.6 Å². The summed E-state index contributed by atoms with van der Waals surface area (Å²) in [5, 5.41) is 9.50. The highest BCUT2D eigenvalue weighted by Crippen LogP contribution is 2.27. The van der Waals surface area contributed by atoms with E-state index in [1.54, 1.807) is 42.5 Å². The van der Waals surface area contributed by atoms with E-state index in [0.717, 1.165) is 0 Å². The summed E-state index contributed by atoms with van der Waals surface area (Å²) in [6, 6.07) is 13.2. The number of ether oxygens (including phenoxy) is 3. The molecule has 0 amide bonds. The maximum atomic E-state index is 11.7. The van der Waals surface area contributed by atoms with Crippen LogP contribution in [0.25, 0.3) is 0 Å². The van der Waals surface area contributed by atoms with Gasteiger partial charge in [-0.2, -0.15) is 0 Å². The van der Waals surface area contributed by atoms with Gasteiger partial charge in [0.25, 0.3) is 0 Å². The van der Waals surface area contributed by atoms with Crippen LogP contribution in [0.5, 0.6) is 23.0 Å². The predicted molar refractivity (Wildman–Crippen MR) is 72.2 cm³/mol. The van der Waals surface area contributed by atoms with Crippen molar-refractivity contribution in [3.05, 3.63) is 48.5 Å². The maximum absolute atomic E-state index is 11.7. The minimum absolute atomic E-state index is 0.0300. The third-order valence-electron chi connectivity index (χ3n) is 2.50. The first-order chi connectivity index (χ1) is 9.70. The number of carbonyl (C=O) groups is 1. The molecule has 20 heavy (non-hydrogen) atoms. The van der Waals surface area contributed by atoms with Crippen molar-refractivity contribution in [1.82, 2.24) is 0 Å². The molecule has 2 aromatic rings. The van der Waals surface area contributed by atoms with E-state index in [1.807, 2.05) is 0 Å². The Labute approximate surface area is 116 Å². The Morgan fingerprint density at radius 2 is 1.60 bits per heavy atom. The Morgan fingerprint density at radius 1 is 1.00 bits per heavy atom. The van der Waals surface area contributed by atoms with Gasteiger partial charge < -0.3 is 19.3 Å². The van der Waals surface area contributed by atoms with Crippen molar-refractivity contribution in [3.63, 3.8) is 0 Å². The van der Waals surface area contributed by atoms with Crippen molar-refractivity contribution in [2.24, 2.45) is 0 Å². The zero-order valence-corrected chi connectivity index (χ0v) is 10.9. The van der Waals surface area contributed by atoms with Crippen LogP contribution >= 0.6 is 0 Å².